The highest BCUT2D eigenvalue weighted by Crippen LogP contribution is 2.28. The number of halogens is 1. The van der Waals surface area contributed by atoms with Gasteiger partial charge in [-0.15, -0.1) is 13.0 Å². The van der Waals surface area contributed by atoms with E-state index in [1.807, 2.05) is 39.0 Å². The van der Waals surface area contributed by atoms with Gasteiger partial charge in [-0.05, 0) is 42.5 Å². The Bertz CT molecular complexity index is 606. The zero-order valence-electron chi connectivity index (χ0n) is 13.9. The molecule has 1 aromatic rings. The molecule has 23 heavy (non-hydrogen) atoms. The minimum absolute atomic E-state index is 0.0829. The molecule has 0 saturated carbocycles. The summed E-state index contributed by atoms with van der Waals surface area (Å²) in [6.45, 7) is 9.47. The number of terminal acetylenes is 1. The topological polar surface area (TPSA) is 26.3 Å². The predicted molar refractivity (Wildman–Crippen MR) is 96.3 cm³/mol. The summed E-state index contributed by atoms with van der Waals surface area (Å²) in [5.74, 6) is 1.91. The molecule has 0 N–H and O–H groups in total. The molecule has 0 bridgehead atoms. The Balaban J connectivity index is 2.96. The van der Waals surface area contributed by atoms with Crippen molar-refractivity contribution in [2.24, 2.45) is 5.92 Å². The molecule has 3 heteroatoms. The molecule has 0 aliphatic heterocycles. The molecule has 0 aliphatic carbocycles. The van der Waals surface area contributed by atoms with E-state index < -0.39 is 6.10 Å². The third kappa shape index (κ3) is 5.62. The van der Waals surface area contributed by atoms with Crippen LogP contribution in [0.1, 0.15) is 38.7 Å². The van der Waals surface area contributed by atoms with Crippen molar-refractivity contribution in [3.05, 3.63) is 59.2 Å². The monoisotopic (exact) mass is 330 g/mol. The summed E-state index contributed by atoms with van der Waals surface area (Å²) in [5, 5.41) is 0.634. The summed E-state index contributed by atoms with van der Waals surface area (Å²) in [6.07, 6.45) is 9.23. The van der Waals surface area contributed by atoms with Crippen LogP contribution in [0.3, 0.4) is 0 Å². The summed E-state index contributed by atoms with van der Waals surface area (Å²) in [7, 11) is 0. The van der Waals surface area contributed by atoms with Crippen LogP contribution in [0.5, 0.6) is 0 Å². The highest BCUT2D eigenvalue weighted by atomic mass is 35.5. The number of benzene rings is 1. The summed E-state index contributed by atoms with van der Waals surface area (Å²) in [5.41, 5.74) is 1.71. The molecule has 0 radical (unpaired) electrons. The van der Waals surface area contributed by atoms with Gasteiger partial charge in [0.2, 0.25) is 0 Å². The van der Waals surface area contributed by atoms with Gasteiger partial charge < -0.3 is 4.74 Å². The Morgan fingerprint density at radius 3 is 2.48 bits per heavy atom. The molecule has 0 heterocycles. The number of hydrogen-bond acceptors (Lipinski definition) is 2. The highest BCUT2D eigenvalue weighted by molar-refractivity contribution is 6.30. The number of ether oxygens (including phenoxy) is 1. The van der Waals surface area contributed by atoms with Crippen molar-refractivity contribution in [1.29, 1.82) is 0 Å². The molecule has 0 amide bonds. The van der Waals surface area contributed by atoms with Gasteiger partial charge in [-0.25, -0.2) is 0 Å². The molecule has 0 aliphatic rings. The smallest absolute Gasteiger partial charge is 0.315 e. The van der Waals surface area contributed by atoms with Gasteiger partial charge in [-0.3, -0.25) is 4.79 Å². The maximum Gasteiger partial charge on any atom is 0.315 e. The second-order valence-electron chi connectivity index (χ2n) is 5.73. The van der Waals surface area contributed by atoms with Crippen molar-refractivity contribution in [2.45, 2.75) is 39.2 Å². The standard InChI is InChI=1S/C20H23ClO2/c1-6-8-9-15(5)18(7-2)23-20(22)19(14(3)4)16-10-12-17(21)13-11-16/h2,6,9-14,18-19H,1,8H2,3-5H3/b15-9+. The van der Waals surface area contributed by atoms with E-state index in [9.17, 15) is 4.79 Å². The van der Waals surface area contributed by atoms with Crippen LogP contribution >= 0.6 is 11.6 Å². The average Bonchev–Trinajstić information content (AvgIpc) is 2.52. The molecular formula is C20H23ClO2. The van der Waals surface area contributed by atoms with Gasteiger partial charge in [-0.1, -0.05) is 55.7 Å². The molecule has 1 rings (SSSR count). The van der Waals surface area contributed by atoms with Gasteiger partial charge in [-0.2, -0.15) is 0 Å². The van der Waals surface area contributed by atoms with Crippen molar-refractivity contribution in [1.82, 2.24) is 0 Å². The normalized spacial score (nSPS) is 14.0. The molecular weight excluding hydrogens is 308 g/mol. The zero-order valence-corrected chi connectivity index (χ0v) is 14.6. The Hall–Kier alpha value is -1.98. The first-order chi connectivity index (χ1) is 10.9. The van der Waals surface area contributed by atoms with Crippen molar-refractivity contribution in [3.8, 4) is 12.3 Å². The van der Waals surface area contributed by atoms with Crippen molar-refractivity contribution in [3.63, 3.8) is 0 Å². The second kappa shape index (κ2) is 9.22. The molecule has 0 aromatic heterocycles. The minimum Gasteiger partial charge on any atom is -0.444 e. The Labute approximate surface area is 144 Å². The van der Waals surface area contributed by atoms with Crippen LogP contribution in [0.2, 0.25) is 5.02 Å². The molecule has 2 atom stereocenters. The van der Waals surface area contributed by atoms with Crippen LogP contribution in [0, 0.1) is 18.3 Å². The van der Waals surface area contributed by atoms with Crippen LogP contribution in [-0.2, 0) is 9.53 Å². The van der Waals surface area contributed by atoms with E-state index in [1.165, 1.54) is 0 Å². The number of hydrogen-bond donors (Lipinski definition) is 0. The number of carbonyl (C=O) groups excluding carboxylic acids is 1. The van der Waals surface area contributed by atoms with Crippen molar-refractivity contribution >= 4 is 17.6 Å². The van der Waals surface area contributed by atoms with Crippen molar-refractivity contribution in [2.75, 3.05) is 0 Å². The highest BCUT2D eigenvalue weighted by Gasteiger charge is 2.28. The SMILES string of the molecule is C#CC(OC(=O)C(c1ccc(Cl)cc1)C(C)C)/C(C)=C/CC=C. The molecule has 122 valence electrons. The third-order valence-electron chi connectivity index (χ3n) is 3.56. The summed E-state index contributed by atoms with van der Waals surface area (Å²) in [4.78, 5) is 12.6. The quantitative estimate of drug-likeness (QED) is 0.393. The van der Waals surface area contributed by atoms with Gasteiger partial charge in [0, 0.05) is 5.02 Å². The summed E-state index contributed by atoms with van der Waals surface area (Å²) < 4.78 is 5.56. The summed E-state index contributed by atoms with van der Waals surface area (Å²) in [6, 6.07) is 7.24. The molecule has 2 nitrogen and oxygen atoms in total. The first-order valence-corrected chi connectivity index (χ1v) is 7.98. The van der Waals surface area contributed by atoms with Gasteiger partial charge in [0.15, 0.2) is 6.10 Å². The van der Waals surface area contributed by atoms with Crippen LogP contribution < -0.4 is 0 Å². The zero-order chi connectivity index (χ0) is 17.4. The largest absolute Gasteiger partial charge is 0.444 e. The van der Waals surface area contributed by atoms with Gasteiger partial charge in [0.1, 0.15) is 0 Å². The number of esters is 1. The number of carbonyl (C=O) groups is 1. The van der Waals surface area contributed by atoms with Gasteiger partial charge >= 0.3 is 5.97 Å². The van der Waals surface area contributed by atoms with Gasteiger partial charge in [0.05, 0.1) is 5.92 Å². The van der Waals surface area contributed by atoms with Gasteiger partial charge in [0.25, 0.3) is 0 Å². The Morgan fingerprint density at radius 1 is 1.39 bits per heavy atom. The fraction of sp³-hybridized carbons (Fsp3) is 0.350. The van der Waals surface area contributed by atoms with E-state index in [-0.39, 0.29) is 17.8 Å². The molecule has 0 fully saturated rings. The van der Waals surface area contributed by atoms with Crippen LogP contribution in [0.25, 0.3) is 0 Å². The van der Waals surface area contributed by atoms with Crippen molar-refractivity contribution < 1.29 is 9.53 Å². The van der Waals surface area contributed by atoms with E-state index in [1.54, 1.807) is 18.2 Å². The lowest BCUT2D eigenvalue weighted by atomic mass is 9.88. The molecule has 0 spiro atoms. The van der Waals surface area contributed by atoms with Crippen LogP contribution in [0.15, 0.2) is 48.6 Å². The fourth-order valence-corrected chi connectivity index (χ4v) is 2.41. The molecule has 1 aromatic carbocycles. The maximum atomic E-state index is 12.6. The third-order valence-corrected chi connectivity index (χ3v) is 3.81. The Kier molecular flexibility index (Phi) is 7.65. The fourth-order valence-electron chi connectivity index (χ4n) is 2.29. The first-order valence-electron chi connectivity index (χ1n) is 7.60. The number of rotatable bonds is 7. The average molecular weight is 331 g/mol. The molecule has 0 saturated heterocycles. The maximum absolute atomic E-state index is 12.6. The summed E-state index contributed by atoms with van der Waals surface area (Å²) >= 11 is 5.91. The van der Waals surface area contributed by atoms with Crippen LogP contribution in [0.4, 0.5) is 0 Å². The lowest BCUT2D eigenvalue weighted by molar-refractivity contribution is -0.148. The van der Waals surface area contributed by atoms with E-state index in [0.29, 0.717) is 11.4 Å². The van der Waals surface area contributed by atoms with E-state index >= 15 is 0 Å². The lowest BCUT2D eigenvalue weighted by Gasteiger charge is -2.22. The minimum atomic E-state index is -0.656. The van der Waals surface area contributed by atoms with Crippen LogP contribution in [-0.4, -0.2) is 12.1 Å². The second-order valence-corrected chi connectivity index (χ2v) is 6.17. The lowest BCUT2D eigenvalue weighted by Crippen LogP contribution is -2.26. The Morgan fingerprint density at radius 2 is 2.00 bits per heavy atom. The van der Waals surface area contributed by atoms with E-state index in [2.05, 4.69) is 12.5 Å². The number of allylic oxidation sites excluding steroid dienone is 2. The first kappa shape index (κ1) is 19.1. The van der Waals surface area contributed by atoms with E-state index in [0.717, 1.165) is 11.1 Å². The molecule has 2 unspecified atom stereocenters. The predicted octanol–water partition coefficient (Wildman–Crippen LogP) is 5.15. The van der Waals surface area contributed by atoms with E-state index in [4.69, 9.17) is 22.8 Å².